The zero-order valence-electron chi connectivity index (χ0n) is 10.3. The molecular weight excluding hydrogens is 253 g/mol. The van der Waals surface area contributed by atoms with Crippen LogP contribution in [0.1, 0.15) is 31.2 Å². The van der Waals surface area contributed by atoms with Crippen molar-refractivity contribution in [1.29, 1.82) is 0 Å². The van der Waals surface area contributed by atoms with Gasteiger partial charge in [-0.25, -0.2) is 4.39 Å². The Balaban J connectivity index is 0.00000120. The van der Waals surface area contributed by atoms with Crippen LogP contribution in [0.4, 0.5) is 4.39 Å². The second-order valence-electron chi connectivity index (χ2n) is 5.13. The summed E-state index contributed by atoms with van der Waals surface area (Å²) < 4.78 is 19.3. The maximum Gasteiger partial charge on any atom is 0.128 e. The third-order valence-electron chi connectivity index (χ3n) is 3.86. The molecule has 0 saturated carbocycles. The van der Waals surface area contributed by atoms with Gasteiger partial charge in [0.15, 0.2) is 0 Å². The molecule has 1 aromatic rings. The van der Waals surface area contributed by atoms with Crippen molar-refractivity contribution >= 4 is 12.4 Å². The molecule has 2 nitrogen and oxygen atoms in total. The molecule has 4 heteroatoms. The van der Waals surface area contributed by atoms with Crippen molar-refractivity contribution in [2.24, 2.45) is 0 Å². The first-order chi connectivity index (χ1) is 8.31. The number of benzene rings is 1. The quantitative estimate of drug-likeness (QED) is 0.912. The topological polar surface area (TPSA) is 21.3 Å². The van der Waals surface area contributed by atoms with Crippen LogP contribution in [0.5, 0.6) is 0 Å². The largest absolute Gasteiger partial charge is 0.373 e. The van der Waals surface area contributed by atoms with E-state index in [1.54, 1.807) is 12.1 Å². The number of hydrogen-bond donors (Lipinski definition) is 1. The van der Waals surface area contributed by atoms with Gasteiger partial charge in [0.05, 0.1) is 12.7 Å². The number of rotatable bonds is 3. The lowest BCUT2D eigenvalue weighted by Crippen LogP contribution is -2.41. The first kappa shape index (κ1) is 13.8. The highest BCUT2D eigenvalue weighted by atomic mass is 35.5. The maximum atomic E-state index is 13.4. The highest BCUT2D eigenvalue weighted by molar-refractivity contribution is 5.85. The average molecular weight is 272 g/mol. The molecule has 0 aromatic heterocycles. The number of halogens is 2. The van der Waals surface area contributed by atoms with Crippen LogP contribution in [0, 0.1) is 5.82 Å². The van der Waals surface area contributed by atoms with Gasteiger partial charge in [-0.1, -0.05) is 18.2 Å². The first-order valence-electron chi connectivity index (χ1n) is 6.42. The van der Waals surface area contributed by atoms with Crippen LogP contribution in [-0.4, -0.2) is 18.2 Å². The minimum absolute atomic E-state index is 0. The summed E-state index contributed by atoms with van der Waals surface area (Å²) in [5.41, 5.74) is 0.665. The molecule has 100 valence electrons. The fourth-order valence-corrected chi connectivity index (χ4v) is 2.96. The number of fused-ring (bicyclic) bond motifs is 2. The molecule has 2 aliphatic rings. The van der Waals surface area contributed by atoms with Crippen LogP contribution >= 0.6 is 12.4 Å². The molecule has 2 aliphatic heterocycles. The molecule has 3 rings (SSSR count). The van der Waals surface area contributed by atoms with E-state index in [0.29, 0.717) is 30.4 Å². The minimum Gasteiger partial charge on any atom is -0.373 e. The number of hydrogen-bond acceptors (Lipinski definition) is 2. The Hall–Kier alpha value is -0.640. The third-order valence-corrected chi connectivity index (χ3v) is 3.86. The van der Waals surface area contributed by atoms with Crippen molar-refractivity contribution in [1.82, 2.24) is 5.32 Å². The van der Waals surface area contributed by atoms with E-state index < -0.39 is 0 Å². The summed E-state index contributed by atoms with van der Waals surface area (Å²) in [7, 11) is 0. The van der Waals surface area contributed by atoms with Gasteiger partial charge in [0.2, 0.25) is 0 Å². The summed E-state index contributed by atoms with van der Waals surface area (Å²) in [4.78, 5) is 0. The molecular formula is C14H19ClFNO. The summed E-state index contributed by atoms with van der Waals surface area (Å²) in [6.07, 6.45) is 4.98. The Morgan fingerprint density at radius 2 is 1.83 bits per heavy atom. The zero-order valence-corrected chi connectivity index (χ0v) is 11.1. The smallest absolute Gasteiger partial charge is 0.128 e. The fraction of sp³-hybridized carbons (Fsp3) is 0.571. The van der Waals surface area contributed by atoms with E-state index in [1.165, 1.54) is 18.9 Å². The van der Waals surface area contributed by atoms with Crippen LogP contribution in [-0.2, 0) is 11.3 Å². The lowest BCUT2D eigenvalue weighted by Gasteiger charge is -2.29. The van der Waals surface area contributed by atoms with Crippen molar-refractivity contribution in [3.63, 3.8) is 0 Å². The number of nitrogens with one attached hydrogen (secondary N) is 1. The molecule has 0 radical (unpaired) electrons. The van der Waals surface area contributed by atoms with Crippen LogP contribution in [0.15, 0.2) is 24.3 Å². The summed E-state index contributed by atoms with van der Waals surface area (Å²) in [5.74, 6) is -0.163. The van der Waals surface area contributed by atoms with Gasteiger partial charge in [0.1, 0.15) is 5.82 Å². The number of piperidine rings is 1. The molecule has 0 aliphatic carbocycles. The molecule has 1 aromatic carbocycles. The van der Waals surface area contributed by atoms with Gasteiger partial charge in [-0.15, -0.1) is 12.4 Å². The van der Waals surface area contributed by atoms with E-state index in [4.69, 9.17) is 4.74 Å². The van der Waals surface area contributed by atoms with E-state index in [0.717, 1.165) is 12.8 Å². The Bertz CT molecular complexity index is 389. The molecule has 0 spiro atoms. The van der Waals surface area contributed by atoms with Crippen LogP contribution in [0.2, 0.25) is 0 Å². The Morgan fingerprint density at radius 1 is 1.17 bits per heavy atom. The van der Waals surface area contributed by atoms with Crippen molar-refractivity contribution in [3.8, 4) is 0 Å². The molecule has 0 amide bonds. The zero-order chi connectivity index (χ0) is 11.7. The lowest BCUT2D eigenvalue weighted by molar-refractivity contribution is 0.00799. The second kappa shape index (κ2) is 6.00. The van der Waals surface area contributed by atoms with Gasteiger partial charge >= 0.3 is 0 Å². The van der Waals surface area contributed by atoms with Gasteiger partial charge in [0.25, 0.3) is 0 Å². The predicted octanol–water partition coefficient (Wildman–Crippen LogP) is 3.05. The normalized spacial score (nSPS) is 29.9. The molecule has 2 bridgehead atoms. The first-order valence-corrected chi connectivity index (χ1v) is 6.42. The molecule has 0 unspecified atom stereocenters. The third kappa shape index (κ3) is 3.02. The minimum atomic E-state index is -0.163. The molecule has 1 N–H and O–H groups in total. The van der Waals surface area contributed by atoms with Gasteiger partial charge in [0, 0.05) is 17.6 Å². The highest BCUT2D eigenvalue weighted by Gasteiger charge is 2.33. The Morgan fingerprint density at radius 3 is 2.50 bits per heavy atom. The molecule has 2 saturated heterocycles. The Labute approximate surface area is 113 Å². The average Bonchev–Trinajstić information content (AvgIpc) is 2.68. The Kier molecular flexibility index (Phi) is 4.60. The van der Waals surface area contributed by atoms with Gasteiger partial charge in [-0.05, 0) is 31.7 Å². The van der Waals surface area contributed by atoms with E-state index in [2.05, 4.69) is 5.32 Å². The van der Waals surface area contributed by atoms with E-state index in [-0.39, 0.29) is 18.2 Å². The van der Waals surface area contributed by atoms with Crippen molar-refractivity contribution in [2.75, 3.05) is 0 Å². The predicted molar refractivity (Wildman–Crippen MR) is 71.4 cm³/mol. The van der Waals surface area contributed by atoms with E-state index >= 15 is 0 Å². The lowest BCUT2D eigenvalue weighted by atomic mass is 10.0. The molecule has 2 fully saturated rings. The van der Waals surface area contributed by atoms with Crippen molar-refractivity contribution in [2.45, 2.75) is 50.5 Å². The summed E-state index contributed by atoms with van der Waals surface area (Å²) in [5, 5.41) is 3.58. The van der Waals surface area contributed by atoms with E-state index in [1.807, 2.05) is 6.07 Å². The monoisotopic (exact) mass is 271 g/mol. The van der Waals surface area contributed by atoms with Crippen LogP contribution in [0.25, 0.3) is 0 Å². The molecule has 18 heavy (non-hydrogen) atoms. The maximum absolute atomic E-state index is 13.4. The summed E-state index contributed by atoms with van der Waals surface area (Å²) >= 11 is 0. The standard InChI is InChI=1S/C14H18FNO.ClH/c15-14-4-2-1-3-10(14)9-17-13-7-11-5-6-12(8-13)16-11;/h1-4,11-13,16H,5-9H2;1H/t11-,12+,13+;. The fourth-order valence-electron chi connectivity index (χ4n) is 2.96. The molecule has 3 atom stereocenters. The van der Waals surface area contributed by atoms with Crippen molar-refractivity contribution < 1.29 is 9.13 Å². The molecule has 2 heterocycles. The summed E-state index contributed by atoms with van der Waals surface area (Å²) in [6, 6.07) is 8.10. The van der Waals surface area contributed by atoms with Gasteiger partial charge < -0.3 is 10.1 Å². The van der Waals surface area contributed by atoms with Crippen LogP contribution < -0.4 is 5.32 Å². The summed E-state index contributed by atoms with van der Waals surface area (Å²) in [6.45, 7) is 0.400. The van der Waals surface area contributed by atoms with Crippen molar-refractivity contribution in [3.05, 3.63) is 35.6 Å². The second-order valence-corrected chi connectivity index (χ2v) is 5.13. The highest BCUT2D eigenvalue weighted by Crippen LogP contribution is 2.29. The van der Waals surface area contributed by atoms with E-state index in [9.17, 15) is 4.39 Å². The van der Waals surface area contributed by atoms with Crippen LogP contribution in [0.3, 0.4) is 0 Å². The van der Waals surface area contributed by atoms with Gasteiger partial charge in [-0.3, -0.25) is 0 Å². The SMILES string of the molecule is Cl.Fc1ccccc1CO[C@H]1C[C@H]2CC[C@@H](C1)N2. The van der Waals surface area contributed by atoms with Gasteiger partial charge in [-0.2, -0.15) is 0 Å². The number of ether oxygens (including phenoxy) is 1.